The third-order valence-electron chi connectivity index (χ3n) is 3.10. The van der Waals surface area contributed by atoms with Gasteiger partial charge >= 0.3 is 0 Å². The highest BCUT2D eigenvalue weighted by molar-refractivity contribution is 5.07. The maximum Gasteiger partial charge on any atom is 0.118 e. The van der Waals surface area contributed by atoms with Crippen LogP contribution in [0.1, 0.15) is 51.6 Å². The van der Waals surface area contributed by atoms with E-state index < -0.39 is 0 Å². The molecule has 0 unspecified atom stereocenters. The fourth-order valence-electron chi connectivity index (χ4n) is 1.94. The van der Waals surface area contributed by atoms with Gasteiger partial charge in [-0.25, -0.2) is 0 Å². The minimum absolute atomic E-state index is 0.842. The second-order valence-corrected chi connectivity index (χ2v) is 4.77. The van der Waals surface area contributed by atoms with Gasteiger partial charge in [-0.15, -0.1) is 0 Å². The Labute approximate surface area is 112 Å². The molecule has 1 aromatic heterocycles. The molecule has 0 atom stereocenters. The van der Waals surface area contributed by atoms with E-state index in [1.807, 2.05) is 0 Å². The third kappa shape index (κ3) is 5.69. The standard InChI is InChI=1S/C15H28N2O/c1-4-7-11-17(6-3)13-15-9-8-14(18-15)12-16-10-5-2/h8-9,16H,4-7,10-13H2,1-3H3. The van der Waals surface area contributed by atoms with Gasteiger partial charge in [-0.05, 0) is 44.6 Å². The first kappa shape index (κ1) is 15.3. The summed E-state index contributed by atoms with van der Waals surface area (Å²) in [6.07, 6.45) is 3.68. The predicted octanol–water partition coefficient (Wildman–Crippen LogP) is 3.40. The number of hydrogen-bond acceptors (Lipinski definition) is 3. The van der Waals surface area contributed by atoms with Crippen LogP contribution in [0.15, 0.2) is 16.5 Å². The van der Waals surface area contributed by atoms with Crippen molar-refractivity contribution in [1.29, 1.82) is 0 Å². The molecule has 1 N–H and O–H groups in total. The second kappa shape index (κ2) is 9.17. The molecule has 0 fully saturated rings. The SMILES string of the molecule is CCCCN(CC)Cc1ccc(CNCCC)o1. The average molecular weight is 252 g/mol. The number of hydrogen-bond donors (Lipinski definition) is 1. The maximum absolute atomic E-state index is 5.84. The number of rotatable bonds is 10. The molecule has 0 bridgehead atoms. The molecule has 1 aromatic rings. The number of nitrogens with zero attached hydrogens (tertiary/aromatic N) is 1. The van der Waals surface area contributed by atoms with Crippen molar-refractivity contribution in [3.63, 3.8) is 0 Å². The molecule has 3 heteroatoms. The highest BCUT2D eigenvalue weighted by Gasteiger charge is 2.07. The molecule has 0 saturated carbocycles. The van der Waals surface area contributed by atoms with Gasteiger partial charge in [-0.2, -0.15) is 0 Å². The van der Waals surface area contributed by atoms with Gasteiger partial charge in [0.1, 0.15) is 11.5 Å². The van der Waals surface area contributed by atoms with Gasteiger partial charge in [0, 0.05) is 0 Å². The average Bonchev–Trinajstić information content (AvgIpc) is 2.82. The first-order valence-electron chi connectivity index (χ1n) is 7.30. The molecule has 3 nitrogen and oxygen atoms in total. The fraction of sp³-hybridized carbons (Fsp3) is 0.733. The topological polar surface area (TPSA) is 28.4 Å². The monoisotopic (exact) mass is 252 g/mol. The van der Waals surface area contributed by atoms with Crippen molar-refractivity contribution in [2.24, 2.45) is 0 Å². The van der Waals surface area contributed by atoms with Crippen molar-refractivity contribution >= 4 is 0 Å². The Kier molecular flexibility index (Phi) is 7.78. The predicted molar refractivity (Wildman–Crippen MR) is 76.6 cm³/mol. The molecule has 0 radical (unpaired) electrons. The van der Waals surface area contributed by atoms with Gasteiger partial charge in [-0.1, -0.05) is 27.2 Å². The number of furan rings is 1. The molecule has 0 aliphatic rings. The van der Waals surface area contributed by atoms with E-state index >= 15 is 0 Å². The lowest BCUT2D eigenvalue weighted by Gasteiger charge is -2.18. The Morgan fingerprint density at radius 2 is 1.89 bits per heavy atom. The van der Waals surface area contributed by atoms with Gasteiger partial charge in [0.05, 0.1) is 13.1 Å². The van der Waals surface area contributed by atoms with Crippen molar-refractivity contribution < 1.29 is 4.42 Å². The van der Waals surface area contributed by atoms with Gasteiger partial charge in [0.15, 0.2) is 0 Å². The molecule has 0 aliphatic heterocycles. The first-order valence-corrected chi connectivity index (χ1v) is 7.30. The fourth-order valence-corrected chi connectivity index (χ4v) is 1.94. The zero-order valence-electron chi connectivity index (χ0n) is 12.2. The molecular formula is C15H28N2O. The largest absolute Gasteiger partial charge is 0.463 e. The van der Waals surface area contributed by atoms with E-state index in [0.29, 0.717) is 0 Å². The lowest BCUT2D eigenvalue weighted by Crippen LogP contribution is -2.23. The minimum Gasteiger partial charge on any atom is -0.463 e. The smallest absolute Gasteiger partial charge is 0.118 e. The summed E-state index contributed by atoms with van der Waals surface area (Å²) >= 11 is 0. The number of nitrogens with one attached hydrogen (secondary N) is 1. The van der Waals surface area contributed by atoms with E-state index in [1.165, 1.54) is 12.8 Å². The summed E-state index contributed by atoms with van der Waals surface area (Å²) < 4.78 is 5.84. The zero-order chi connectivity index (χ0) is 13.2. The highest BCUT2D eigenvalue weighted by atomic mass is 16.3. The van der Waals surface area contributed by atoms with Crippen LogP contribution in [0.5, 0.6) is 0 Å². The Bertz CT molecular complexity index is 309. The maximum atomic E-state index is 5.84. The van der Waals surface area contributed by atoms with Gasteiger partial charge in [0.25, 0.3) is 0 Å². The molecule has 0 spiro atoms. The summed E-state index contributed by atoms with van der Waals surface area (Å²) in [6, 6.07) is 4.20. The van der Waals surface area contributed by atoms with Crippen molar-refractivity contribution in [3.8, 4) is 0 Å². The van der Waals surface area contributed by atoms with Crippen molar-refractivity contribution in [2.45, 2.75) is 53.1 Å². The molecule has 104 valence electrons. The summed E-state index contributed by atoms with van der Waals surface area (Å²) in [4.78, 5) is 2.44. The van der Waals surface area contributed by atoms with Crippen LogP contribution >= 0.6 is 0 Å². The molecule has 0 aromatic carbocycles. The molecule has 0 saturated heterocycles. The molecule has 0 aliphatic carbocycles. The minimum atomic E-state index is 0.842. The summed E-state index contributed by atoms with van der Waals surface area (Å²) in [5, 5.41) is 3.36. The van der Waals surface area contributed by atoms with Gasteiger partial charge in [0.2, 0.25) is 0 Å². The summed E-state index contributed by atoms with van der Waals surface area (Å²) in [7, 11) is 0. The van der Waals surface area contributed by atoms with Gasteiger partial charge in [-0.3, -0.25) is 4.90 Å². The Morgan fingerprint density at radius 3 is 2.56 bits per heavy atom. The van der Waals surface area contributed by atoms with Crippen LogP contribution in [0.2, 0.25) is 0 Å². The van der Waals surface area contributed by atoms with Crippen LogP contribution in [0.3, 0.4) is 0 Å². The van der Waals surface area contributed by atoms with Crippen LogP contribution in [0, 0.1) is 0 Å². The van der Waals surface area contributed by atoms with Crippen LogP contribution in [0.4, 0.5) is 0 Å². The first-order chi connectivity index (χ1) is 8.80. The molecule has 1 heterocycles. The van der Waals surface area contributed by atoms with Crippen LogP contribution in [-0.4, -0.2) is 24.5 Å². The van der Waals surface area contributed by atoms with E-state index in [0.717, 1.165) is 50.7 Å². The quantitative estimate of drug-likeness (QED) is 0.647. The van der Waals surface area contributed by atoms with E-state index in [2.05, 4.69) is 43.1 Å². The van der Waals surface area contributed by atoms with E-state index in [-0.39, 0.29) is 0 Å². The Morgan fingerprint density at radius 1 is 1.11 bits per heavy atom. The lowest BCUT2D eigenvalue weighted by molar-refractivity contribution is 0.249. The Balaban J connectivity index is 2.36. The summed E-state index contributed by atoms with van der Waals surface area (Å²) in [5.74, 6) is 2.13. The highest BCUT2D eigenvalue weighted by Crippen LogP contribution is 2.11. The van der Waals surface area contributed by atoms with Crippen molar-refractivity contribution in [1.82, 2.24) is 10.2 Å². The molecule has 1 rings (SSSR count). The molecule has 18 heavy (non-hydrogen) atoms. The summed E-state index contributed by atoms with van der Waals surface area (Å²) in [6.45, 7) is 11.7. The zero-order valence-corrected chi connectivity index (χ0v) is 12.2. The van der Waals surface area contributed by atoms with E-state index in [1.54, 1.807) is 0 Å². The van der Waals surface area contributed by atoms with Crippen LogP contribution in [-0.2, 0) is 13.1 Å². The van der Waals surface area contributed by atoms with E-state index in [4.69, 9.17) is 4.42 Å². The molecular weight excluding hydrogens is 224 g/mol. The normalized spacial score (nSPS) is 11.3. The van der Waals surface area contributed by atoms with Crippen LogP contribution < -0.4 is 5.32 Å². The van der Waals surface area contributed by atoms with Crippen molar-refractivity contribution in [3.05, 3.63) is 23.7 Å². The third-order valence-corrected chi connectivity index (χ3v) is 3.10. The van der Waals surface area contributed by atoms with Crippen molar-refractivity contribution in [2.75, 3.05) is 19.6 Å². The molecule has 0 amide bonds. The van der Waals surface area contributed by atoms with E-state index in [9.17, 15) is 0 Å². The summed E-state index contributed by atoms with van der Waals surface area (Å²) in [5.41, 5.74) is 0. The second-order valence-electron chi connectivity index (χ2n) is 4.77. The number of unbranched alkanes of at least 4 members (excludes halogenated alkanes) is 1. The Hall–Kier alpha value is -0.800. The lowest BCUT2D eigenvalue weighted by atomic mass is 10.3. The van der Waals surface area contributed by atoms with Crippen LogP contribution in [0.25, 0.3) is 0 Å². The van der Waals surface area contributed by atoms with Gasteiger partial charge < -0.3 is 9.73 Å².